The summed E-state index contributed by atoms with van der Waals surface area (Å²) in [5, 5.41) is 7.33. The smallest absolute Gasteiger partial charge is 0.450 e. The third kappa shape index (κ3) is 36.7. The Morgan fingerprint density at radius 3 is 1.48 bits per heavy atom. The van der Waals surface area contributed by atoms with Crippen LogP contribution in [0.1, 0.15) is 164 Å². The van der Waals surface area contributed by atoms with E-state index < -0.39 is 17.6 Å². The van der Waals surface area contributed by atoms with Gasteiger partial charge in [-0.25, -0.2) is 4.79 Å². The first-order valence-corrected chi connectivity index (χ1v) is 22.4. The molecule has 0 aromatic carbocycles. The molecule has 1 saturated heterocycles. The minimum Gasteiger partial charge on any atom is -0.450 e. The van der Waals surface area contributed by atoms with Gasteiger partial charge in [0.15, 0.2) is 0 Å². The molecule has 1 fully saturated rings. The van der Waals surface area contributed by atoms with Crippen LogP contribution < -0.4 is 16.0 Å². The molecule has 0 aromatic heterocycles. The molecule has 0 aliphatic carbocycles. The minimum absolute atomic E-state index is 0.0486. The van der Waals surface area contributed by atoms with Crippen molar-refractivity contribution in [2.75, 3.05) is 60.1 Å². The summed E-state index contributed by atoms with van der Waals surface area (Å²) < 4.78 is 44.3. The van der Waals surface area contributed by atoms with Gasteiger partial charge in [0.25, 0.3) is 0 Å². The van der Waals surface area contributed by atoms with Crippen molar-refractivity contribution in [3.8, 4) is 0 Å². The Kier molecular flexibility index (Phi) is 32.1. The molecule has 0 radical (unpaired) electrons. The molecule has 384 valence electrons. The second-order valence-corrected chi connectivity index (χ2v) is 20.3. The standard InChI is InChI=1S/C12H22N2O2.C11H22N2O2.C9H19NO2.C8H17NO2.C6H10F3NO/c1-12(2,3)13-10(15)6-4-8-14-9-5-7-11(14)16;1-6-13(11(3,4)5)10(15)7-8-12-9(2)14;1-6-10(9(2,3)4)8(11)7-12-5;1-6-11-7(10)9(5)8(2,3)4;1-5(2,3)10-4(11)6(7,8)9/h4-9H2,1-3H3,(H,13,15);6-8H2,1-5H3,(H,12,14);6-7H2,1-5H3;6H2,1-5H3;1-3H3,(H,10,11). The molecule has 1 rings (SSSR count). The number of rotatable bonds is 12. The molecule has 0 aromatic rings. The first-order valence-electron chi connectivity index (χ1n) is 22.4. The maximum absolute atomic E-state index is 11.8. The average molecular weight is 942 g/mol. The lowest BCUT2D eigenvalue weighted by Gasteiger charge is -2.35. The van der Waals surface area contributed by atoms with Gasteiger partial charge < -0.3 is 45.0 Å². The summed E-state index contributed by atoms with van der Waals surface area (Å²) in [4.78, 5) is 85.0. The van der Waals surface area contributed by atoms with Crippen molar-refractivity contribution in [1.82, 2.24) is 35.6 Å². The van der Waals surface area contributed by atoms with Gasteiger partial charge in [-0.2, -0.15) is 13.2 Å². The normalized spacial score (nSPS) is 12.8. The number of halogens is 3. The molecule has 65 heavy (non-hydrogen) atoms. The van der Waals surface area contributed by atoms with Gasteiger partial charge in [-0.1, -0.05) is 0 Å². The van der Waals surface area contributed by atoms with Gasteiger partial charge in [0, 0.05) is 101 Å². The van der Waals surface area contributed by atoms with Crippen molar-refractivity contribution in [2.24, 2.45) is 0 Å². The van der Waals surface area contributed by atoms with Crippen molar-refractivity contribution >= 4 is 41.5 Å². The van der Waals surface area contributed by atoms with E-state index in [0.29, 0.717) is 39.0 Å². The molecular formula is C46H90F3N7O9. The maximum Gasteiger partial charge on any atom is 0.471 e. The van der Waals surface area contributed by atoms with E-state index in [1.807, 2.05) is 107 Å². The van der Waals surface area contributed by atoms with Crippen LogP contribution in [0.5, 0.6) is 0 Å². The second-order valence-electron chi connectivity index (χ2n) is 20.3. The van der Waals surface area contributed by atoms with Gasteiger partial charge in [0.2, 0.25) is 29.5 Å². The summed E-state index contributed by atoms with van der Waals surface area (Å²) in [6.07, 6.45) is -1.78. The van der Waals surface area contributed by atoms with Crippen LogP contribution in [0.3, 0.4) is 0 Å². The fraction of sp³-hybridized carbons (Fsp3) is 0.848. The van der Waals surface area contributed by atoms with Crippen LogP contribution in [0.25, 0.3) is 0 Å². The number of likely N-dealkylation sites (tertiary alicyclic amines) is 1. The fourth-order valence-electron chi connectivity index (χ4n) is 5.49. The van der Waals surface area contributed by atoms with Crippen LogP contribution in [-0.2, 0) is 38.2 Å². The van der Waals surface area contributed by atoms with Crippen LogP contribution in [0.15, 0.2) is 0 Å². The molecule has 16 nitrogen and oxygen atoms in total. The van der Waals surface area contributed by atoms with E-state index in [0.717, 1.165) is 32.5 Å². The van der Waals surface area contributed by atoms with Crippen LogP contribution in [-0.4, -0.2) is 155 Å². The zero-order valence-corrected chi connectivity index (χ0v) is 44.1. The summed E-state index contributed by atoms with van der Waals surface area (Å²) in [5.41, 5.74) is -1.42. The molecular weight excluding hydrogens is 852 g/mol. The molecule has 19 heteroatoms. The number of methoxy groups -OCH3 is 1. The summed E-state index contributed by atoms with van der Waals surface area (Å²) in [6.45, 7) is 39.5. The number of carbonyl (C=O) groups excluding carboxylic acids is 7. The molecule has 3 N–H and O–H groups in total. The van der Waals surface area contributed by atoms with Crippen molar-refractivity contribution in [3.05, 3.63) is 0 Å². The lowest BCUT2D eigenvalue weighted by molar-refractivity contribution is -0.175. The largest absolute Gasteiger partial charge is 0.471 e. The Bertz CT molecular complexity index is 1440. The monoisotopic (exact) mass is 942 g/mol. The quantitative estimate of drug-likeness (QED) is 0.184. The Morgan fingerprint density at radius 1 is 0.708 bits per heavy atom. The van der Waals surface area contributed by atoms with Gasteiger partial charge in [0.05, 0.1) is 6.61 Å². The number of hydrogen-bond donors (Lipinski definition) is 3. The van der Waals surface area contributed by atoms with Gasteiger partial charge >= 0.3 is 18.2 Å². The van der Waals surface area contributed by atoms with E-state index in [1.165, 1.54) is 34.8 Å². The number of nitrogens with one attached hydrogen (secondary N) is 3. The van der Waals surface area contributed by atoms with Crippen LogP contribution in [0.4, 0.5) is 18.0 Å². The van der Waals surface area contributed by atoms with E-state index in [9.17, 15) is 46.7 Å². The second kappa shape index (κ2) is 30.9. The SMILES string of the molecule is CC(C)(C)NC(=O)C(F)(F)F.CC(C)(C)NC(=O)CCCN1CCCC1=O.CCN(C(=O)CCNC(C)=O)C(C)(C)C.CCN(C(=O)COC)C(C)(C)C.CCOC(=O)N(C)C(C)(C)C. The Morgan fingerprint density at radius 2 is 1.17 bits per heavy atom. The fourth-order valence-corrected chi connectivity index (χ4v) is 5.49. The molecule has 0 atom stereocenters. The van der Waals surface area contributed by atoms with Crippen molar-refractivity contribution < 1.29 is 56.2 Å². The Balaban J connectivity index is -0.000000361. The van der Waals surface area contributed by atoms with Gasteiger partial charge in [0.1, 0.15) is 6.61 Å². The third-order valence-electron chi connectivity index (χ3n) is 8.65. The highest BCUT2D eigenvalue weighted by Crippen LogP contribution is 2.17. The van der Waals surface area contributed by atoms with Crippen LogP contribution >= 0.6 is 0 Å². The van der Waals surface area contributed by atoms with E-state index >= 15 is 0 Å². The first-order chi connectivity index (χ1) is 29.1. The average Bonchev–Trinajstić information content (AvgIpc) is 3.50. The highest BCUT2D eigenvalue weighted by Gasteiger charge is 2.40. The van der Waals surface area contributed by atoms with Crippen LogP contribution in [0.2, 0.25) is 0 Å². The van der Waals surface area contributed by atoms with Crippen molar-refractivity contribution in [3.63, 3.8) is 0 Å². The minimum atomic E-state index is -4.78. The lowest BCUT2D eigenvalue weighted by Crippen LogP contribution is -2.47. The topological polar surface area (TPSA) is 187 Å². The van der Waals surface area contributed by atoms with E-state index in [-0.39, 0.29) is 64.4 Å². The van der Waals surface area contributed by atoms with Gasteiger partial charge in [-0.15, -0.1) is 0 Å². The number of ether oxygens (including phenoxy) is 2. The molecule has 0 unspecified atom stereocenters. The van der Waals surface area contributed by atoms with E-state index in [2.05, 4.69) is 10.6 Å². The molecule has 0 saturated carbocycles. The number of hydrogen-bond acceptors (Lipinski definition) is 9. The zero-order valence-electron chi connectivity index (χ0n) is 44.1. The third-order valence-corrected chi connectivity index (χ3v) is 8.65. The summed E-state index contributed by atoms with van der Waals surface area (Å²) >= 11 is 0. The van der Waals surface area contributed by atoms with Gasteiger partial charge in [-0.05, 0) is 137 Å². The highest BCUT2D eigenvalue weighted by atomic mass is 19.4. The predicted octanol–water partition coefficient (Wildman–Crippen LogP) is 7.08. The maximum atomic E-state index is 11.8. The van der Waals surface area contributed by atoms with E-state index in [1.54, 1.807) is 29.1 Å². The van der Waals surface area contributed by atoms with Crippen molar-refractivity contribution in [2.45, 2.75) is 198 Å². The summed E-state index contributed by atoms with van der Waals surface area (Å²) in [6, 6.07) is 0. The molecule has 1 aliphatic heterocycles. The van der Waals surface area contributed by atoms with Crippen LogP contribution in [0, 0.1) is 0 Å². The van der Waals surface area contributed by atoms with Crippen molar-refractivity contribution in [1.29, 1.82) is 0 Å². The number of alkyl halides is 3. The zero-order chi connectivity index (χ0) is 52.4. The first kappa shape index (κ1) is 67.4. The molecule has 0 spiro atoms. The highest BCUT2D eigenvalue weighted by molar-refractivity contribution is 5.82. The van der Waals surface area contributed by atoms with Gasteiger partial charge in [-0.3, -0.25) is 28.8 Å². The number of likely N-dealkylation sites (N-methyl/N-ethyl adjacent to an activating group) is 1. The summed E-state index contributed by atoms with van der Waals surface area (Å²) in [5.74, 6) is -1.56. The predicted molar refractivity (Wildman–Crippen MR) is 251 cm³/mol. The Hall–Kier alpha value is -4.16. The Labute approximate surface area is 390 Å². The lowest BCUT2D eigenvalue weighted by atomic mass is 10.1. The van der Waals surface area contributed by atoms with E-state index in [4.69, 9.17) is 9.47 Å². The number of nitrogens with zero attached hydrogens (tertiary/aromatic N) is 4. The molecule has 1 aliphatic rings. The number of carbonyl (C=O) groups is 7. The molecule has 1 heterocycles. The number of amides is 7. The summed E-state index contributed by atoms with van der Waals surface area (Å²) in [7, 11) is 3.27. The molecule has 0 bridgehead atoms. The molecule has 7 amide bonds.